The fourth-order valence-electron chi connectivity index (χ4n) is 4.04. The molecule has 0 bridgehead atoms. The van der Waals surface area contributed by atoms with E-state index in [9.17, 15) is 0 Å². The predicted octanol–water partition coefficient (Wildman–Crippen LogP) is 2.76. The summed E-state index contributed by atoms with van der Waals surface area (Å²) in [5, 5.41) is 5.56. The van der Waals surface area contributed by atoms with Gasteiger partial charge in [-0.15, -0.1) is 5.10 Å². The van der Waals surface area contributed by atoms with Crippen molar-refractivity contribution in [2.45, 2.75) is 18.9 Å². The zero-order chi connectivity index (χ0) is 20.8. The number of nitrogens with zero attached hydrogens (tertiary/aromatic N) is 5. The molecule has 0 radical (unpaired) electrons. The van der Waals surface area contributed by atoms with Gasteiger partial charge in [-0.25, -0.2) is 14.5 Å². The Bertz CT molecular complexity index is 1280. The fraction of sp³-hybridized carbons (Fsp3) is 0.318. The molecule has 0 atom stereocenters. The number of hydrogen-bond donors (Lipinski definition) is 1. The molecule has 1 aliphatic carbocycles. The van der Waals surface area contributed by atoms with E-state index >= 15 is 0 Å². The van der Waals surface area contributed by atoms with Crippen LogP contribution >= 0.6 is 0 Å². The Kier molecular flexibility index (Phi) is 4.36. The van der Waals surface area contributed by atoms with Crippen LogP contribution in [0.25, 0.3) is 28.1 Å². The number of rotatable bonds is 4. The summed E-state index contributed by atoms with van der Waals surface area (Å²) in [6.07, 6.45) is 7.03. The number of morpholine rings is 1. The van der Waals surface area contributed by atoms with Crippen molar-refractivity contribution in [1.82, 2.24) is 19.6 Å². The number of pyridine rings is 1. The van der Waals surface area contributed by atoms with E-state index in [0.717, 1.165) is 48.4 Å². The maximum absolute atomic E-state index is 6.16. The monoisotopic (exact) mass is 418 g/mol. The molecule has 0 spiro atoms. The lowest BCUT2D eigenvalue weighted by Gasteiger charge is -2.28. The lowest BCUT2D eigenvalue weighted by Crippen LogP contribution is -2.36. The number of imidazole rings is 1. The first-order chi connectivity index (χ1) is 15.2. The number of furan rings is 1. The van der Waals surface area contributed by atoms with Crippen molar-refractivity contribution in [1.29, 1.82) is 0 Å². The molecule has 2 fully saturated rings. The normalized spacial score (nSPS) is 19.1. The summed E-state index contributed by atoms with van der Waals surface area (Å²) in [5.74, 6) is 2.08. The van der Waals surface area contributed by atoms with Gasteiger partial charge in [0.05, 0.1) is 31.1 Å². The highest BCUT2D eigenvalue weighted by Crippen LogP contribution is 2.33. The van der Waals surface area contributed by atoms with E-state index in [-0.39, 0.29) is 6.04 Å². The van der Waals surface area contributed by atoms with Crippen molar-refractivity contribution in [2.24, 2.45) is 5.73 Å². The number of hydrogen-bond acceptors (Lipinski definition) is 8. The Balaban J connectivity index is 1.36. The second-order valence-electron chi connectivity index (χ2n) is 7.90. The van der Waals surface area contributed by atoms with Gasteiger partial charge in [0.15, 0.2) is 11.4 Å². The van der Waals surface area contributed by atoms with Gasteiger partial charge in [0, 0.05) is 31.4 Å². The van der Waals surface area contributed by atoms with Gasteiger partial charge in [0.25, 0.3) is 0 Å². The molecule has 9 nitrogen and oxygen atoms in total. The molecular weight excluding hydrogens is 396 g/mol. The largest absolute Gasteiger partial charge is 0.454 e. The van der Waals surface area contributed by atoms with E-state index in [0.29, 0.717) is 30.5 Å². The number of ether oxygens (including phenoxy) is 2. The Hall–Kier alpha value is -3.43. The molecule has 31 heavy (non-hydrogen) atoms. The summed E-state index contributed by atoms with van der Waals surface area (Å²) in [6.45, 7) is 3.02. The summed E-state index contributed by atoms with van der Waals surface area (Å²) in [6, 6.07) is 7.81. The standard InChI is InChI=1S/C22H22N6O3/c23-15-9-14(10-15)13-30-21-2-1-20-25-12-17(28(20)26-21)19-11-16-18(31-19)3-4-24-22(16)27-5-7-29-8-6-27/h1-4,11-13,15H,5-10,23H2. The minimum Gasteiger partial charge on any atom is -0.454 e. The van der Waals surface area contributed by atoms with Gasteiger partial charge < -0.3 is 24.5 Å². The minimum atomic E-state index is 0.246. The van der Waals surface area contributed by atoms with Gasteiger partial charge in [-0.1, -0.05) is 0 Å². The highest BCUT2D eigenvalue weighted by atomic mass is 16.5. The average molecular weight is 418 g/mol. The zero-order valence-corrected chi connectivity index (χ0v) is 16.9. The van der Waals surface area contributed by atoms with Crippen molar-refractivity contribution in [3.8, 4) is 17.3 Å². The predicted molar refractivity (Wildman–Crippen MR) is 115 cm³/mol. The Morgan fingerprint density at radius 1 is 1.13 bits per heavy atom. The highest BCUT2D eigenvalue weighted by Gasteiger charge is 2.21. The lowest BCUT2D eigenvalue weighted by molar-refractivity contribution is 0.122. The van der Waals surface area contributed by atoms with Crippen LogP contribution in [0.5, 0.6) is 5.88 Å². The molecule has 0 amide bonds. The van der Waals surface area contributed by atoms with Crippen LogP contribution in [0.15, 0.2) is 52.9 Å². The third kappa shape index (κ3) is 3.31. The van der Waals surface area contributed by atoms with E-state index in [2.05, 4.69) is 20.0 Å². The first-order valence-corrected chi connectivity index (χ1v) is 10.4. The minimum absolute atomic E-state index is 0.246. The van der Waals surface area contributed by atoms with Crippen molar-refractivity contribution in [3.05, 3.63) is 48.5 Å². The molecule has 9 heteroatoms. The first-order valence-electron chi connectivity index (χ1n) is 10.4. The molecule has 1 saturated heterocycles. The Morgan fingerprint density at radius 2 is 2.00 bits per heavy atom. The van der Waals surface area contributed by atoms with Gasteiger partial charge in [-0.2, -0.15) is 0 Å². The quantitative estimate of drug-likeness (QED) is 0.505. The summed E-state index contributed by atoms with van der Waals surface area (Å²) in [4.78, 5) is 11.3. The summed E-state index contributed by atoms with van der Waals surface area (Å²) in [5.41, 5.74) is 9.27. The number of nitrogens with two attached hydrogens (primary N) is 1. The SMILES string of the molecule is NC1CC(=COc2ccc3ncc(-c4cc5c(N6CCOCC6)nccc5o4)n3n2)C1. The molecule has 158 valence electrons. The van der Waals surface area contributed by atoms with E-state index in [4.69, 9.17) is 19.6 Å². The zero-order valence-electron chi connectivity index (χ0n) is 16.9. The van der Waals surface area contributed by atoms with Crippen LogP contribution in [0, 0.1) is 0 Å². The maximum Gasteiger partial charge on any atom is 0.236 e. The smallest absolute Gasteiger partial charge is 0.236 e. The number of aromatic nitrogens is 4. The topological polar surface area (TPSA) is 104 Å². The molecule has 2 aliphatic rings. The lowest BCUT2D eigenvalue weighted by atomic mass is 9.88. The van der Waals surface area contributed by atoms with Crippen LogP contribution < -0.4 is 15.4 Å². The molecule has 4 aromatic rings. The molecule has 4 aromatic heterocycles. The van der Waals surface area contributed by atoms with Crippen LogP contribution in [-0.2, 0) is 4.74 Å². The van der Waals surface area contributed by atoms with Crippen LogP contribution in [0.2, 0.25) is 0 Å². The van der Waals surface area contributed by atoms with E-state index in [1.807, 2.05) is 18.2 Å². The molecule has 5 heterocycles. The van der Waals surface area contributed by atoms with Gasteiger partial charge in [0.1, 0.15) is 17.1 Å². The second-order valence-corrected chi connectivity index (χ2v) is 7.90. The Labute approximate surface area is 178 Å². The molecule has 2 N–H and O–H groups in total. The van der Waals surface area contributed by atoms with Crippen LogP contribution in [0.4, 0.5) is 5.82 Å². The third-order valence-corrected chi connectivity index (χ3v) is 5.72. The summed E-state index contributed by atoms with van der Waals surface area (Å²) >= 11 is 0. The highest BCUT2D eigenvalue weighted by molar-refractivity contribution is 5.92. The van der Waals surface area contributed by atoms with Crippen LogP contribution in [0.1, 0.15) is 12.8 Å². The number of anilines is 1. The van der Waals surface area contributed by atoms with Gasteiger partial charge in [-0.05, 0) is 36.6 Å². The van der Waals surface area contributed by atoms with Crippen molar-refractivity contribution >= 4 is 22.4 Å². The summed E-state index contributed by atoms with van der Waals surface area (Å²) < 4.78 is 19.1. The molecule has 1 aliphatic heterocycles. The van der Waals surface area contributed by atoms with Gasteiger partial charge in [-0.3, -0.25) is 0 Å². The molecular formula is C22H22N6O3. The van der Waals surface area contributed by atoms with E-state index < -0.39 is 0 Å². The second kappa shape index (κ2) is 7.36. The summed E-state index contributed by atoms with van der Waals surface area (Å²) in [7, 11) is 0. The molecule has 1 saturated carbocycles. The van der Waals surface area contributed by atoms with E-state index in [1.54, 1.807) is 29.2 Å². The van der Waals surface area contributed by atoms with Gasteiger partial charge >= 0.3 is 0 Å². The molecule has 0 aromatic carbocycles. The van der Waals surface area contributed by atoms with Crippen LogP contribution in [0.3, 0.4) is 0 Å². The fourth-order valence-corrected chi connectivity index (χ4v) is 4.04. The van der Waals surface area contributed by atoms with Gasteiger partial charge in [0.2, 0.25) is 5.88 Å². The third-order valence-electron chi connectivity index (χ3n) is 5.72. The van der Waals surface area contributed by atoms with Crippen LogP contribution in [-0.4, -0.2) is 51.9 Å². The van der Waals surface area contributed by atoms with E-state index in [1.165, 1.54) is 5.57 Å². The average Bonchev–Trinajstić information content (AvgIpc) is 3.40. The number of fused-ring (bicyclic) bond motifs is 2. The van der Waals surface area contributed by atoms with Crippen molar-refractivity contribution in [3.63, 3.8) is 0 Å². The molecule has 0 unspecified atom stereocenters. The molecule has 6 rings (SSSR count). The first kappa shape index (κ1) is 18.3. The maximum atomic E-state index is 6.16. The Morgan fingerprint density at radius 3 is 2.84 bits per heavy atom. The van der Waals surface area contributed by atoms with Crippen molar-refractivity contribution in [2.75, 3.05) is 31.2 Å². The van der Waals surface area contributed by atoms with Crippen molar-refractivity contribution < 1.29 is 13.9 Å².